The highest BCUT2D eigenvalue weighted by Gasteiger charge is 2.04. The quantitative estimate of drug-likeness (QED) is 0.731. The number of carbonyl (C=O) groups is 1. The van der Waals surface area contributed by atoms with Gasteiger partial charge in [0.1, 0.15) is 5.78 Å². The van der Waals surface area contributed by atoms with Crippen LogP contribution in [0.5, 0.6) is 0 Å². The van der Waals surface area contributed by atoms with Gasteiger partial charge in [-0.2, -0.15) is 0 Å². The van der Waals surface area contributed by atoms with Crippen molar-refractivity contribution in [2.24, 2.45) is 5.41 Å². The summed E-state index contributed by atoms with van der Waals surface area (Å²) in [7, 11) is 0. The number of aryl methyl sites for hydroxylation is 1. The number of hydrogen-bond donors (Lipinski definition) is 0. The highest BCUT2D eigenvalue weighted by molar-refractivity contribution is 5.81. The van der Waals surface area contributed by atoms with E-state index in [2.05, 4.69) is 32.6 Å². The Morgan fingerprint density at radius 2 is 1.78 bits per heavy atom. The van der Waals surface area contributed by atoms with Crippen LogP contribution in [0.2, 0.25) is 0 Å². The second-order valence-electron chi connectivity index (χ2n) is 5.75. The molecule has 0 heterocycles. The fourth-order valence-corrected chi connectivity index (χ4v) is 1.55. The first-order valence-electron chi connectivity index (χ1n) is 6.44. The second-order valence-corrected chi connectivity index (χ2v) is 5.75. The predicted molar refractivity (Wildman–Crippen MR) is 76.4 cm³/mol. The van der Waals surface area contributed by atoms with Crippen LogP contribution in [0, 0.1) is 24.2 Å². The van der Waals surface area contributed by atoms with E-state index in [0.717, 1.165) is 5.56 Å². The van der Waals surface area contributed by atoms with Crippen LogP contribution in [-0.2, 0) is 11.2 Å². The maximum absolute atomic E-state index is 11.8. The van der Waals surface area contributed by atoms with E-state index >= 15 is 0 Å². The third kappa shape index (κ3) is 6.25. The van der Waals surface area contributed by atoms with Crippen molar-refractivity contribution in [3.8, 4) is 11.8 Å². The molecule has 1 aromatic carbocycles. The Morgan fingerprint density at radius 3 is 2.33 bits per heavy atom. The van der Waals surface area contributed by atoms with Crippen LogP contribution in [-0.4, -0.2) is 5.78 Å². The van der Waals surface area contributed by atoms with Gasteiger partial charge >= 0.3 is 0 Å². The molecule has 0 aliphatic carbocycles. The molecule has 0 unspecified atom stereocenters. The van der Waals surface area contributed by atoms with E-state index in [1.807, 2.05) is 31.2 Å². The molecule has 0 aliphatic rings. The molecular weight excluding hydrogens is 220 g/mol. The minimum absolute atomic E-state index is 0.0278. The van der Waals surface area contributed by atoms with Crippen LogP contribution in [0.15, 0.2) is 24.3 Å². The van der Waals surface area contributed by atoms with Crippen LogP contribution in [0.25, 0.3) is 0 Å². The molecular formula is C17H22O. The van der Waals surface area contributed by atoms with E-state index in [-0.39, 0.29) is 11.2 Å². The molecule has 1 rings (SSSR count). The van der Waals surface area contributed by atoms with Crippen LogP contribution in [0.3, 0.4) is 0 Å². The Balaban J connectivity index is 2.38. The van der Waals surface area contributed by atoms with E-state index in [0.29, 0.717) is 19.3 Å². The average molecular weight is 242 g/mol. The molecule has 0 bridgehead atoms. The number of hydrogen-bond acceptors (Lipinski definition) is 1. The van der Waals surface area contributed by atoms with Gasteiger partial charge in [0.25, 0.3) is 0 Å². The Bertz CT molecular complexity index is 449. The van der Waals surface area contributed by atoms with Crippen molar-refractivity contribution in [3.63, 3.8) is 0 Å². The van der Waals surface area contributed by atoms with Crippen molar-refractivity contribution in [1.29, 1.82) is 0 Å². The van der Waals surface area contributed by atoms with Crippen molar-refractivity contribution in [2.75, 3.05) is 0 Å². The number of benzene rings is 1. The summed E-state index contributed by atoms with van der Waals surface area (Å²) in [6.45, 7) is 8.28. The second kappa shape index (κ2) is 6.40. The van der Waals surface area contributed by atoms with E-state index in [4.69, 9.17) is 0 Å². The summed E-state index contributed by atoms with van der Waals surface area (Å²) in [6.07, 6.45) is 1.75. The Labute approximate surface area is 111 Å². The van der Waals surface area contributed by atoms with Crippen LogP contribution >= 0.6 is 0 Å². The van der Waals surface area contributed by atoms with Gasteiger partial charge in [0.2, 0.25) is 0 Å². The third-order valence-corrected chi connectivity index (χ3v) is 2.51. The lowest BCUT2D eigenvalue weighted by atomic mass is 9.97. The van der Waals surface area contributed by atoms with Gasteiger partial charge in [0, 0.05) is 24.7 Å². The van der Waals surface area contributed by atoms with Crippen molar-refractivity contribution in [1.82, 2.24) is 0 Å². The zero-order valence-corrected chi connectivity index (χ0v) is 11.8. The fraction of sp³-hybridized carbons (Fsp3) is 0.471. The van der Waals surface area contributed by atoms with Gasteiger partial charge in [-0.1, -0.05) is 35.7 Å². The molecule has 0 saturated carbocycles. The molecule has 0 fully saturated rings. The minimum atomic E-state index is 0.0278. The van der Waals surface area contributed by atoms with E-state index < -0.39 is 0 Å². The summed E-state index contributed by atoms with van der Waals surface area (Å²) >= 11 is 0. The molecule has 0 amide bonds. The Morgan fingerprint density at radius 1 is 1.17 bits per heavy atom. The molecule has 1 heteroatoms. The number of Topliss-reactive ketones (excluding diaryl/α,β-unsaturated/α-hetero) is 1. The summed E-state index contributed by atoms with van der Waals surface area (Å²) < 4.78 is 0. The lowest BCUT2D eigenvalue weighted by Crippen LogP contribution is -2.03. The largest absolute Gasteiger partial charge is 0.299 e. The van der Waals surface area contributed by atoms with Crippen molar-refractivity contribution < 1.29 is 4.79 Å². The van der Waals surface area contributed by atoms with Crippen LogP contribution < -0.4 is 0 Å². The monoisotopic (exact) mass is 242 g/mol. The van der Waals surface area contributed by atoms with Gasteiger partial charge in [-0.3, -0.25) is 4.79 Å². The fourth-order valence-electron chi connectivity index (χ4n) is 1.55. The zero-order valence-electron chi connectivity index (χ0n) is 11.8. The average Bonchev–Trinajstić information content (AvgIpc) is 2.26. The SMILES string of the molecule is Cc1ccc(CC(=O)CCC#CC(C)(C)C)cc1. The molecule has 0 saturated heterocycles. The van der Waals surface area contributed by atoms with Crippen molar-refractivity contribution in [3.05, 3.63) is 35.4 Å². The normalized spacial score (nSPS) is 10.7. The molecule has 0 atom stereocenters. The predicted octanol–water partition coefficient (Wildman–Crippen LogP) is 3.94. The van der Waals surface area contributed by atoms with E-state index in [9.17, 15) is 4.79 Å². The highest BCUT2D eigenvalue weighted by Crippen LogP contribution is 2.10. The molecule has 96 valence electrons. The number of rotatable bonds is 4. The first kappa shape index (κ1) is 14.5. The lowest BCUT2D eigenvalue weighted by molar-refractivity contribution is -0.118. The van der Waals surface area contributed by atoms with Crippen LogP contribution in [0.4, 0.5) is 0 Å². The lowest BCUT2D eigenvalue weighted by Gasteiger charge is -2.06. The maximum Gasteiger partial charge on any atom is 0.138 e. The van der Waals surface area contributed by atoms with Crippen molar-refractivity contribution >= 4 is 5.78 Å². The summed E-state index contributed by atoms with van der Waals surface area (Å²) in [5.41, 5.74) is 2.34. The van der Waals surface area contributed by atoms with Crippen molar-refractivity contribution in [2.45, 2.75) is 47.0 Å². The zero-order chi connectivity index (χ0) is 13.6. The van der Waals surface area contributed by atoms with Gasteiger partial charge in [0.05, 0.1) is 0 Å². The standard InChI is InChI=1S/C17H22O/c1-14-8-10-15(11-9-14)13-16(18)7-5-6-12-17(2,3)4/h8-11H,5,7,13H2,1-4H3. The van der Waals surface area contributed by atoms with Gasteiger partial charge in [-0.05, 0) is 33.3 Å². The van der Waals surface area contributed by atoms with Gasteiger partial charge < -0.3 is 0 Å². The molecule has 0 N–H and O–H groups in total. The summed E-state index contributed by atoms with van der Waals surface area (Å²) in [4.78, 5) is 11.8. The van der Waals surface area contributed by atoms with Gasteiger partial charge in [-0.25, -0.2) is 0 Å². The maximum atomic E-state index is 11.8. The van der Waals surface area contributed by atoms with Gasteiger partial charge in [-0.15, -0.1) is 5.92 Å². The van der Waals surface area contributed by atoms with E-state index in [1.54, 1.807) is 0 Å². The third-order valence-electron chi connectivity index (χ3n) is 2.51. The first-order chi connectivity index (χ1) is 8.37. The van der Waals surface area contributed by atoms with Gasteiger partial charge in [0.15, 0.2) is 0 Å². The number of carbonyl (C=O) groups excluding carboxylic acids is 1. The summed E-state index contributed by atoms with van der Waals surface area (Å²) in [5.74, 6) is 6.49. The molecule has 1 aromatic rings. The molecule has 0 aliphatic heterocycles. The molecule has 0 aromatic heterocycles. The summed E-state index contributed by atoms with van der Waals surface area (Å²) in [5, 5.41) is 0. The topological polar surface area (TPSA) is 17.1 Å². The smallest absolute Gasteiger partial charge is 0.138 e. The molecule has 18 heavy (non-hydrogen) atoms. The van der Waals surface area contributed by atoms with Crippen LogP contribution in [0.1, 0.15) is 44.7 Å². The van der Waals surface area contributed by atoms with E-state index in [1.165, 1.54) is 5.56 Å². The Hall–Kier alpha value is -1.55. The summed E-state index contributed by atoms with van der Waals surface area (Å²) in [6, 6.07) is 8.13. The Kier molecular flexibility index (Phi) is 5.16. The first-order valence-corrected chi connectivity index (χ1v) is 6.44. The molecule has 0 spiro atoms. The highest BCUT2D eigenvalue weighted by atomic mass is 16.1. The number of ketones is 1. The minimum Gasteiger partial charge on any atom is -0.299 e. The molecule has 1 nitrogen and oxygen atoms in total. The molecule has 0 radical (unpaired) electrons.